The van der Waals surface area contributed by atoms with E-state index >= 15 is 0 Å². The standard InChI is InChI=1S/C32H41N3O4/c1-4-18-35(19-5-2)32(38)27-13-9-12-26(31(33)37)30(27)28(20-23-10-7-6-8-11-23)29(36)22-34-21-24-14-16-25(39-3)17-15-24/h6-17,28-29,34,36H,4-5,18-22H2,1-3H3,(H2,33,37)/t28-,29+/m1/s1. The summed E-state index contributed by atoms with van der Waals surface area (Å²) in [5.41, 5.74) is 9.07. The lowest BCUT2D eigenvalue weighted by Gasteiger charge is -2.29. The first kappa shape index (κ1) is 29.9. The number of nitrogens with zero attached hydrogens (tertiary/aromatic N) is 1. The van der Waals surface area contributed by atoms with Gasteiger partial charge in [-0.15, -0.1) is 0 Å². The van der Waals surface area contributed by atoms with Gasteiger partial charge in [-0.05, 0) is 60.2 Å². The average Bonchev–Trinajstić information content (AvgIpc) is 2.96. The van der Waals surface area contributed by atoms with Crippen molar-refractivity contribution in [3.8, 4) is 5.75 Å². The van der Waals surface area contributed by atoms with Crippen molar-refractivity contribution < 1.29 is 19.4 Å². The first-order chi connectivity index (χ1) is 18.9. The Morgan fingerprint density at radius 2 is 1.54 bits per heavy atom. The number of primary amides is 1. The van der Waals surface area contributed by atoms with Crippen molar-refractivity contribution >= 4 is 11.8 Å². The van der Waals surface area contributed by atoms with E-state index in [1.54, 1.807) is 25.3 Å². The van der Waals surface area contributed by atoms with Crippen molar-refractivity contribution in [2.75, 3.05) is 26.7 Å². The maximum atomic E-state index is 13.8. The van der Waals surface area contributed by atoms with E-state index in [1.807, 2.05) is 73.3 Å². The van der Waals surface area contributed by atoms with Crippen LogP contribution < -0.4 is 15.8 Å². The van der Waals surface area contributed by atoms with E-state index in [9.17, 15) is 14.7 Å². The van der Waals surface area contributed by atoms with Crippen LogP contribution >= 0.6 is 0 Å². The van der Waals surface area contributed by atoms with Crippen LogP contribution in [0.15, 0.2) is 72.8 Å². The highest BCUT2D eigenvalue weighted by atomic mass is 16.5. The molecule has 3 rings (SSSR count). The fourth-order valence-corrected chi connectivity index (χ4v) is 4.94. The van der Waals surface area contributed by atoms with Gasteiger partial charge in [0.1, 0.15) is 5.75 Å². The smallest absolute Gasteiger partial charge is 0.254 e. The molecular weight excluding hydrogens is 490 g/mol. The third kappa shape index (κ3) is 8.15. The molecule has 208 valence electrons. The van der Waals surface area contributed by atoms with Crippen molar-refractivity contribution in [2.45, 2.75) is 51.7 Å². The summed E-state index contributed by atoms with van der Waals surface area (Å²) < 4.78 is 5.23. The molecule has 0 aliphatic rings. The highest BCUT2D eigenvalue weighted by Gasteiger charge is 2.31. The molecule has 0 aliphatic heterocycles. The van der Waals surface area contributed by atoms with Gasteiger partial charge < -0.3 is 25.8 Å². The molecule has 0 heterocycles. The van der Waals surface area contributed by atoms with Crippen LogP contribution in [0.3, 0.4) is 0 Å². The molecule has 0 bridgehead atoms. The molecule has 2 atom stereocenters. The SMILES string of the molecule is CCCN(CCC)C(=O)c1cccc(C(N)=O)c1[C@H](Cc1ccccc1)[C@@H](O)CNCc1ccc(OC)cc1. The molecule has 0 aliphatic carbocycles. The van der Waals surface area contributed by atoms with E-state index in [0.717, 1.165) is 29.7 Å². The van der Waals surface area contributed by atoms with Crippen molar-refractivity contribution in [3.63, 3.8) is 0 Å². The summed E-state index contributed by atoms with van der Waals surface area (Å²) in [7, 11) is 1.63. The minimum absolute atomic E-state index is 0.145. The largest absolute Gasteiger partial charge is 0.497 e. The van der Waals surface area contributed by atoms with Crippen LogP contribution in [0, 0.1) is 0 Å². The number of amides is 2. The molecule has 4 N–H and O–H groups in total. The van der Waals surface area contributed by atoms with Gasteiger partial charge in [0.05, 0.1) is 13.2 Å². The number of aliphatic hydroxyl groups excluding tert-OH is 1. The normalized spacial score (nSPS) is 12.5. The van der Waals surface area contributed by atoms with Gasteiger partial charge in [-0.3, -0.25) is 9.59 Å². The molecule has 0 spiro atoms. The third-order valence-corrected chi connectivity index (χ3v) is 6.85. The predicted octanol–water partition coefficient (Wildman–Crippen LogP) is 4.53. The Kier molecular flexibility index (Phi) is 11.5. The van der Waals surface area contributed by atoms with Gasteiger partial charge >= 0.3 is 0 Å². The molecule has 39 heavy (non-hydrogen) atoms. The predicted molar refractivity (Wildman–Crippen MR) is 155 cm³/mol. The van der Waals surface area contributed by atoms with Gasteiger partial charge in [0, 0.05) is 43.2 Å². The van der Waals surface area contributed by atoms with Crippen LogP contribution in [-0.4, -0.2) is 54.7 Å². The van der Waals surface area contributed by atoms with E-state index in [4.69, 9.17) is 10.5 Å². The number of rotatable bonds is 15. The maximum absolute atomic E-state index is 13.8. The van der Waals surface area contributed by atoms with E-state index in [1.165, 1.54) is 0 Å². The summed E-state index contributed by atoms with van der Waals surface area (Å²) in [6, 6.07) is 22.6. The van der Waals surface area contributed by atoms with Crippen LogP contribution in [0.4, 0.5) is 0 Å². The van der Waals surface area contributed by atoms with Gasteiger partial charge in [-0.25, -0.2) is 0 Å². The highest BCUT2D eigenvalue weighted by molar-refractivity contribution is 6.02. The van der Waals surface area contributed by atoms with Gasteiger partial charge in [-0.1, -0.05) is 62.4 Å². The molecule has 2 amide bonds. The molecule has 0 saturated carbocycles. The van der Waals surface area contributed by atoms with Gasteiger partial charge in [0.25, 0.3) is 5.91 Å². The summed E-state index contributed by atoms with van der Waals surface area (Å²) >= 11 is 0. The number of nitrogens with one attached hydrogen (secondary N) is 1. The Hall–Kier alpha value is -3.68. The number of aliphatic hydroxyl groups is 1. The molecular formula is C32H41N3O4. The van der Waals surface area contributed by atoms with Crippen LogP contribution in [0.5, 0.6) is 5.75 Å². The minimum atomic E-state index is -0.888. The lowest BCUT2D eigenvalue weighted by atomic mass is 9.81. The van der Waals surface area contributed by atoms with E-state index in [2.05, 4.69) is 5.32 Å². The Bertz CT molecular complexity index is 1190. The topological polar surface area (TPSA) is 105 Å². The van der Waals surface area contributed by atoms with E-state index < -0.39 is 17.9 Å². The second kappa shape index (κ2) is 15.0. The van der Waals surface area contributed by atoms with Gasteiger partial charge in [0.2, 0.25) is 5.91 Å². The number of nitrogens with two attached hydrogens (primary N) is 1. The third-order valence-electron chi connectivity index (χ3n) is 6.85. The number of ether oxygens (including phenoxy) is 1. The molecule has 0 unspecified atom stereocenters. The number of carbonyl (C=O) groups is 2. The van der Waals surface area contributed by atoms with Crippen molar-refractivity contribution in [3.05, 3.63) is 101 Å². The Balaban J connectivity index is 1.98. The summed E-state index contributed by atoms with van der Waals surface area (Å²) in [6.07, 6.45) is 1.20. The number of methoxy groups -OCH3 is 1. The number of benzene rings is 3. The number of hydrogen-bond acceptors (Lipinski definition) is 5. The molecule has 0 aromatic heterocycles. The molecule has 7 nitrogen and oxygen atoms in total. The second-order valence-electron chi connectivity index (χ2n) is 9.77. The molecule has 0 saturated heterocycles. The molecule has 0 fully saturated rings. The van der Waals surface area contributed by atoms with Gasteiger partial charge in [0.15, 0.2) is 0 Å². The van der Waals surface area contributed by atoms with Crippen LogP contribution in [0.1, 0.15) is 70.0 Å². The maximum Gasteiger partial charge on any atom is 0.254 e. The highest BCUT2D eigenvalue weighted by Crippen LogP contribution is 2.32. The summed E-state index contributed by atoms with van der Waals surface area (Å²) in [6.45, 7) is 6.10. The van der Waals surface area contributed by atoms with Crippen molar-refractivity contribution in [1.82, 2.24) is 10.2 Å². The summed E-state index contributed by atoms with van der Waals surface area (Å²) in [4.78, 5) is 28.3. The number of carbonyl (C=O) groups excluding carboxylic acids is 2. The zero-order valence-electron chi connectivity index (χ0n) is 23.2. The van der Waals surface area contributed by atoms with Gasteiger partial charge in [-0.2, -0.15) is 0 Å². The monoisotopic (exact) mass is 531 g/mol. The first-order valence-corrected chi connectivity index (χ1v) is 13.7. The summed E-state index contributed by atoms with van der Waals surface area (Å²) in [5, 5.41) is 14.9. The van der Waals surface area contributed by atoms with Crippen molar-refractivity contribution in [1.29, 1.82) is 0 Å². The fourth-order valence-electron chi connectivity index (χ4n) is 4.94. The lowest BCUT2D eigenvalue weighted by molar-refractivity contribution is 0.0751. The molecule has 3 aromatic carbocycles. The lowest BCUT2D eigenvalue weighted by Crippen LogP contribution is -2.37. The van der Waals surface area contributed by atoms with Crippen LogP contribution in [0.2, 0.25) is 0 Å². The molecule has 3 aromatic rings. The van der Waals surface area contributed by atoms with Crippen LogP contribution in [-0.2, 0) is 13.0 Å². The van der Waals surface area contributed by atoms with E-state index in [-0.39, 0.29) is 18.0 Å². The Morgan fingerprint density at radius 3 is 2.13 bits per heavy atom. The average molecular weight is 532 g/mol. The zero-order valence-corrected chi connectivity index (χ0v) is 23.2. The molecule has 0 radical (unpaired) electrons. The summed E-state index contributed by atoms with van der Waals surface area (Å²) in [5.74, 6) is -0.521. The second-order valence-corrected chi connectivity index (χ2v) is 9.77. The zero-order chi connectivity index (χ0) is 28.2. The fraction of sp³-hybridized carbons (Fsp3) is 0.375. The first-order valence-electron chi connectivity index (χ1n) is 13.7. The Morgan fingerprint density at radius 1 is 0.897 bits per heavy atom. The Labute approximate surface area is 232 Å². The minimum Gasteiger partial charge on any atom is -0.497 e. The van der Waals surface area contributed by atoms with Crippen LogP contribution in [0.25, 0.3) is 0 Å². The molecule has 7 heteroatoms. The van der Waals surface area contributed by atoms with E-state index in [0.29, 0.717) is 37.2 Å². The number of hydrogen-bond donors (Lipinski definition) is 3. The quantitative estimate of drug-likeness (QED) is 0.267. The van der Waals surface area contributed by atoms with Crippen molar-refractivity contribution in [2.24, 2.45) is 5.73 Å².